The van der Waals surface area contributed by atoms with Crippen LogP contribution in [0.3, 0.4) is 0 Å². The van der Waals surface area contributed by atoms with Crippen molar-refractivity contribution in [3.8, 4) is 0 Å². The second-order valence-corrected chi connectivity index (χ2v) is 8.03. The molecular weight excluding hydrogens is 236 g/mol. The molecule has 2 saturated carbocycles. The molecule has 1 aliphatic heterocycles. The van der Waals surface area contributed by atoms with Crippen LogP contribution >= 0.6 is 0 Å². The normalized spacial score (nSPS) is 30.6. The number of nitrogens with zero attached hydrogens (tertiary/aromatic N) is 1. The fourth-order valence-electron chi connectivity index (χ4n) is 3.65. The molecule has 1 amide bonds. The Morgan fingerprint density at radius 3 is 2.42 bits per heavy atom. The Balaban J connectivity index is 1.71. The average Bonchev–Trinajstić information content (AvgIpc) is 2.81. The van der Waals surface area contributed by atoms with Gasteiger partial charge < -0.3 is 4.90 Å². The quantitative estimate of drug-likeness (QED) is 0.850. The Bertz CT molecular complexity index is 361. The van der Waals surface area contributed by atoms with Crippen molar-refractivity contribution in [1.82, 2.24) is 10.2 Å². The van der Waals surface area contributed by atoms with E-state index in [0.29, 0.717) is 23.4 Å². The van der Waals surface area contributed by atoms with Crippen LogP contribution < -0.4 is 5.32 Å². The summed E-state index contributed by atoms with van der Waals surface area (Å²) in [5, 5.41) is 3.70. The van der Waals surface area contributed by atoms with E-state index >= 15 is 0 Å². The van der Waals surface area contributed by atoms with Gasteiger partial charge in [-0.15, -0.1) is 0 Å². The van der Waals surface area contributed by atoms with E-state index in [0.717, 1.165) is 25.8 Å². The van der Waals surface area contributed by atoms with Gasteiger partial charge >= 0.3 is 0 Å². The van der Waals surface area contributed by atoms with Gasteiger partial charge in [-0.25, -0.2) is 0 Å². The van der Waals surface area contributed by atoms with Crippen molar-refractivity contribution in [2.75, 3.05) is 6.54 Å². The molecule has 19 heavy (non-hydrogen) atoms. The lowest BCUT2D eigenvalue weighted by atomic mass is 9.91. The lowest BCUT2D eigenvalue weighted by molar-refractivity contribution is -0.131. The maximum Gasteiger partial charge on any atom is 0.244 e. The van der Waals surface area contributed by atoms with Gasteiger partial charge in [-0.05, 0) is 43.4 Å². The number of carbonyl (C=O) groups is 1. The number of hydrogen-bond donors (Lipinski definition) is 1. The number of hydrogen-bond acceptors (Lipinski definition) is 2. The van der Waals surface area contributed by atoms with Crippen molar-refractivity contribution in [3.63, 3.8) is 0 Å². The number of amides is 1. The molecule has 2 aliphatic carbocycles. The predicted molar refractivity (Wildman–Crippen MR) is 76.6 cm³/mol. The van der Waals surface area contributed by atoms with Crippen LogP contribution in [0, 0.1) is 11.3 Å². The third-order valence-corrected chi connectivity index (χ3v) is 5.13. The van der Waals surface area contributed by atoms with E-state index < -0.39 is 0 Å². The maximum absolute atomic E-state index is 12.6. The third kappa shape index (κ3) is 2.54. The van der Waals surface area contributed by atoms with E-state index in [1.165, 1.54) is 25.7 Å². The molecule has 3 fully saturated rings. The van der Waals surface area contributed by atoms with E-state index in [4.69, 9.17) is 0 Å². The Morgan fingerprint density at radius 2 is 1.89 bits per heavy atom. The molecule has 0 aromatic heterocycles. The first kappa shape index (κ1) is 13.4. The van der Waals surface area contributed by atoms with Crippen molar-refractivity contribution in [3.05, 3.63) is 0 Å². The van der Waals surface area contributed by atoms with Crippen LogP contribution in [-0.4, -0.2) is 29.1 Å². The SMILES string of the molecule is CC(C)(C)CCN1C(=O)C2(CC2)NC1C1CCCC1. The van der Waals surface area contributed by atoms with Crippen LogP contribution in [0.15, 0.2) is 0 Å². The molecule has 0 bridgehead atoms. The second kappa shape index (κ2) is 4.47. The molecule has 1 saturated heterocycles. The number of carbonyl (C=O) groups excluding carboxylic acids is 1. The predicted octanol–water partition coefficient (Wildman–Crippen LogP) is 2.90. The average molecular weight is 264 g/mol. The van der Waals surface area contributed by atoms with Crippen LogP contribution in [0.2, 0.25) is 0 Å². The highest BCUT2D eigenvalue weighted by Gasteiger charge is 2.60. The molecule has 3 nitrogen and oxygen atoms in total. The summed E-state index contributed by atoms with van der Waals surface area (Å²) < 4.78 is 0. The highest BCUT2D eigenvalue weighted by molar-refractivity contribution is 5.91. The minimum atomic E-state index is -0.134. The van der Waals surface area contributed by atoms with Gasteiger partial charge in [0.05, 0.1) is 11.7 Å². The molecule has 1 atom stereocenters. The summed E-state index contributed by atoms with van der Waals surface area (Å²) in [4.78, 5) is 14.8. The van der Waals surface area contributed by atoms with E-state index in [1.807, 2.05) is 0 Å². The Kier molecular flexibility index (Phi) is 3.16. The van der Waals surface area contributed by atoms with Crippen molar-refractivity contribution in [2.24, 2.45) is 11.3 Å². The maximum atomic E-state index is 12.6. The fourth-order valence-corrected chi connectivity index (χ4v) is 3.65. The topological polar surface area (TPSA) is 32.3 Å². The monoisotopic (exact) mass is 264 g/mol. The highest BCUT2D eigenvalue weighted by atomic mass is 16.2. The largest absolute Gasteiger partial charge is 0.325 e. The minimum Gasteiger partial charge on any atom is -0.325 e. The van der Waals surface area contributed by atoms with Crippen LogP contribution in [0.4, 0.5) is 0 Å². The van der Waals surface area contributed by atoms with Gasteiger partial charge in [-0.2, -0.15) is 0 Å². The van der Waals surface area contributed by atoms with Gasteiger partial charge in [0.25, 0.3) is 0 Å². The molecule has 0 aromatic carbocycles. The summed E-state index contributed by atoms with van der Waals surface area (Å²) in [5.74, 6) is 1.09. The standard InChI is InChI=1S/C16H28N2O/c1-15(2,3)10-11-18-13(12-6-4-5-7-12)17-16(8-9-16)14(18)19/h12-13,17H,4-11H2,1-3H3. The summed E-state index contributed by atoms with van der Waals surface area (Å²) >= 11 is 0. The van der Waals surface area contributed by atoms with Gasteiger partial charge in [0, 0.05) is 6.54 Å². The molecule has 3 rings (SSSR count). The third-order valence-electron chi connectivity index (χ3n) is 5.13. The lowest BCUT2D eigenvalue weighted by Gasteiger charge is -2.31. The molecule has 1 unspecified atom stereocenters. The zero-order valence-corrected chi connectivity index (χ0v) is 12.7. The summed E-state index contributed by atoms with van der Waals surface area (Å²) in [6.07, 6.45) is 8.83. The highest BCUT2D eigenvalue weighted by Crippen LogP contribution is 2.45. The Labute approximate surface area is 117 Å². The van der Waals surface area contributed by atoms with E-state index in [1.54, 1.807) is 0 Å². The van der Waals surface area contributed by atoms with Gasteiger partial charge in [0.2, 0.25) is 5.91 Å². The Hall–Kier alpha value is -0.570. The molecule has 1 heterocycles. The summed E-state index contributed by atoms with van der Waals surface area (Å²) in [7, 11) is 0. The fraction of sp³-hybridized carbons (Fsp3) is 0.938. The number of rotatable bonds is 3. The van der Waals surface area contributed by atoms with Crippen LogP contribution in [0.5, 0.6) is 0 Å². The molecule has 1 N–H and O–H groups in total. The zero-order valence-electron chi connectivity index (χ0n) is 12.7. The summed E-state index contributed by atoms with van der Waals surface area (Å²) in [6.45, 7) is 7.72. The van der Waals surface area contributed by atoms with Gasteiger partial charge in [-0.1, -0.05) is 33.6 Å². The molecule has 3 aliphatic rings. The van der Waals surface area contributed by atoms with Crippen molar-refractivity contribution in [1.29, 1.82) is 0 Å². The lowest BCUT2D eigenvalue weighted by Crippen LogP contribution is -2.43. The molecule has 0 aromatic rings. The minimum absolute atomic E-state index is 0.134. The second-order valence-electron chi connectivity index (χ2n) is 8.03. The van der Waals surface area contributed by atoms with Gasteiger partial charge in [0.15, 0.2) is 0 Å². The molecular formula is C16H28N2O. The van der Waals surface area contributed by atoms with Crippen molar-refractivity contribution in [2.45, 2.75) is 77.4 Å². The number of nitrogens with one attached hydrogen (secondary N) is 1. The van der Waals surface area contributed by atoms with Crippen LogP contribution in [0.25, 0.3) is 0 Å². The van der Waals surface area contributed by atoms with E-state index in [2.05, 4.69) is 31.0 Å². The first-order chi connectivity index (χ1) is 8.91. The van der Waals surface area contributed by atoms with Crippen molar-refractivity contribution >= 4 is 5.91 Å². The van der Waals surface area contributed by atoms with Gasteiger partial charge in [-0.3, -0.25) is 10.1 Å². The molecule has 3 heteroatoms. The van der Waals surface area contributed by atoms with Crippen LogP contribution in [-0.2, 0) is 4.79 Å². The first-order valence-electron chi connectivity index (χ1n) is 8.00. The van der Waals surface area contributed by atoms with Gasteiger partial charge in [0.1, 0.15) is 0 Å². The molecule has 108 valence electrons. The van der Waals surface area contributed by atoms with E-state index in [9.17, 15) is 4.79 Å². The summed E-state index contributed by atoms with van der Waals surface area (Å²) in [5.41, 5.74) is 0.172. The first-order valence-corrected chi connectivity index (χ1v) is 8.00. The smallest absolute Gasteiger partial charge is 0.244 e. The molecule has 0 radical (unpaired) electrons. The zero-order chi connectivity index (χ0) is 13.7. The molecule has 1 spiro atoms. The summed E-state index contributed by atoms with van der Waals surface area (Å²) in [6, 6.07) is 0. The Morgan fingerprint density at radius 1 is 1.26 bits per heavy atom. The van der Waals surface area contributed by atoms with Crippen molar-refractivity contribution < 1.29 is 4.79 Å². The van der Waals surface area contributed by atoms with E-state index in [-0.39, 0.29) is 5.54 Å². The van der Waals surface area contributed by atoms with Crippen LogP contribution in [0.1, 0.15) is 65.7 Å².